The lowest BCUT2D eigenvalue weighted by molar-refractivity contribution is 0.438. The molecule has 62 valence electrons. The van der Waals surface area contributed by atoms with Gasteiger partial charge in [0.2, 0.25) is 0 Å². The molecule has 0 saturated heterocycles. The number of hydrogen-bond donors (Lipinski definition) is 1. The van der Waals surface area contributed by atoms with Crippen molar-refractivity contribution < 1.29 is 0 Å². The van der Waals surface area contributed by atoms with Gasteiger partial charge in [0.05, 0.1) is 0 Å². The summed E-state index contributed by atoms with van der Waals surface area (Å²) in [4.78, 5) is 0. The van der Waals surface area contributed by atoms with Crippen molar-refractivity contribution >= 4 is 11.8 Å². The predicted molar refractivity (Wildman–Crippen MR) is 50.4 cm³/mol. The van der Waals surface area contributed by atoms with Crippen molar-refractivity contribution in [2.45, 2.75) is 32.9 Å². The summed E-state index contributed by atoms with van der Waals surface area (Å²) >= 11 is 1.98. The Kier molecular flexibility index (Phi) is 4.37. The molecule has 0 aliphatic heterocycles. The maximum atomic E-state index is 5.58. The summed E-state index contributed by atoms with van der Waals surface area (Å²) in [5.41, 5.74) is 5.89. The first-order valence-electron chi connectivity index (χ1n) is 3.79. The normalized spacial score (nSPS) is 12.6. The summed E-state index contributed by atoms with van der Waals surface area (Å²) in [5.74, 6) is 1.17. The van der Waals surface area contributed by atoms with Gasteiger partial charge >= 0.3 is 0 Å². The van der Waals surface area contributed by atoms with Crippen molar-refractivity contribution in [3.63, 3.8) is 0 Å². The molecule has 0 aromatic carbocycles. The Hall–Kier alpha value is 0.310. The topological polar surface area (TPSA) is 26.0 Å². The molecule has 2 heteroatoms. The molecule has 0 aliphatic rings. The second-order valence-electron chi connectivity index (χ2n) is 3.73. The van der Waals surface area contributed by atoms with Crippen LogP contribution in [0, 0.1) is 5.41 Å². The molecule has 0 aliphatic carbocycles. The Bertz CT molecular complexity index is 89.3. The van der Waals surface area contributed by atoms with Gasteiger partial charge in [0.1, 0.15) is 0 Å². The Labute approximate surface area is 68.8 Å². The van der Waals surface area contributed by atoms with Crippen LogP contribution >= 0.6 is 11.8 Å². The Morgan fingerprint density at radius 3 is 2.20 bits per heavy atom. The highest BCUT2D eigenvalue weighted by Gasteiger charge is 2.15. The van der Waals surface area contributed by atoms with E-state index < -0.39 is 0 Å². The molecule has 0 saturated carbocycles. The van der Waals surface area contributed by atoms with Crippen LogP contribution in [-0.2, 0) is 0 Å². The third-order valence-electron chi connectivity index (χ3n) is 1.36. The van der Waals surface area contributed by atoms with E-state index in [1.54, 1.807) is 0 Å². The molecule has 0 amide bonds. The van der Waals surface area contributed by atoms with E-state index in [1.807, 2.05) is 11.8 Å². The minimum Gasteiger partial charge on any atom is -0.330 e. The highest BCUT2D eigenvalue weighted by molar-refractivity contribution is 7.99. The van der Waals surface area contributed by atoms with Gasteiger partial charge < -0.3 is 5.73 Å². The maximum Gasteiger partial charge on any atom is -0.000145 e. The maximum absolute atomic E-state index is 5.58. The van der Waals surface area contributed by atoms with E-state index in [9.17, 15) is 0 Å². The van der Waals surface area contributed by atoms with Crippen LogP contribution in [0.15, 0.2) is 0 Å². The van der Waals surface area contributed by atoms with Crippen LogP contribution in [-0.4, -0.2) is 17.5 Å². The molecule has 0 aromatic heterocycles. The summed E-state index contributed by atoms with van der Waals surface area (Å²) in [6, 6.07) is 0. The van der Waals surface area contributed by atoms with E-state index in [2.05, 4.69) is 27.7 Å². The van der Waals surface area contributed by atoms with Crippen molar-refractivity contribution in [3.05, 3.63) is 0 Å². The fourth-order valence-corrected chi connectivity index (χ4v) is 1.35. The van der Waals surface area contributed by atoms with Crippen molar-refractivity contribution in [1.82, 2.24) is 0 Å². The number of rotatable bonds is 4. The van der Waals surface area contributed by atoms with Gasteiger partial charge in [-0.3, -0.25) is 0 Å². The van der Waals surface area contributed by atoms with Crippen LogP contribution in [0.1, 0.15) is 27.7 Å². The minimum absolute atomic E-state index is 0.314. The van der Waals surface area contributed by atoms with Gasteiger partial charge in [-0.1, -0.05) is 27.7 Å². The SMILES string of the molecule is CC(C)SCC(C)(C)CN. The van der Waals surface area contributed by atoms with E-state index in [4.69, 9.17) is 5.73 Å². The molecular formula is C8H19NS. The van der Waals surface area contributed by atoms with Crippen LogP contribution in [0.2, 0.25) is 0 Å². The van der Waals surface area contributed by atoms with Gasteiger partial charge in [0.15, 0.2) is 0 Å². The minimum atomic E-state index is 0.314. The standard InChI is InChI=1S/C8H19NS/c1-7(2)10-6-8(3,4)5-9/h7H,5-6,9H2,1-4H3. The molecule has 1 nitrogen and oxygen atoms in total. The molecule has 0 unspecified atom stereocenters. The Morgan fingerprint density at radius 1 is 1.40 bits per heavy atom. The van der Waals surface area contributed by atoms with E-state index in [1.165, 1.54) is 5.75 Å². The summed E-state index contributed by atoms with van der Waals surface area (Å²) in [6.45, 7) is 9.64. The lowest BCUT2D eigenvalue weighted by Gasteiger charge is -2.22. The van der Waals surface area contributed by atoms with Crippen molar-refractivity contribution in [3.8, 4) is 0 Å². The third-order valence-corrected chi connectivity index (χ3v) is 2.97. The van der Waals surface area contributed by atoms with Crippen LogP contribution in [0.25, 0.3) is 0 Å². The largest absolute Gasteiger partial charge is 0.330 e. The molecule has 0 spiro atoms. The summed E-state index contributed by atoms with van der Waals surface area (Å²) < 4.78 is 0. The fourth-order valence-electron chi connectivity index (χ4n) is 0.451. The molecule has 0 fully saturated rings. The van der Waals surface area contributed by atoms with Crippen molar-refractivity contribution in [1.29, 1.82) is 0 Å². The number of thioether (sulfide) groups is 1. The summed E-state index contributed by atoms with van der Waals surface area (Å²) in [7, 11) is 0. The van der Waals surface area contributed by atoms with E-state index in [0.29, 0.717) is 5.41 Å². The highest BCUT2D eigenvalue weighted by Crippen LogP contribution is 2.22. The van der Waals surface area contributed by atoms with Gasteiger partial charge in [-0.05, 0) is 23.0 Å². The molecule has 0 atom stereocenters. The monoisotopic (exact) mass is 161 g/mol. The molecule has 0 aromatic rings. The Balaban J connectivity index is 3.46. The van der Waals surface area contributed by atoms with E-state index >= 15 is 0 Å². The van der Waals surface area contributed by atoms with E-state index in [-0.39, 0.29) is 0 Å². The lowest BCUT2D eigenvalue weighted by atomic mass is 9.97. The zero-order valence-electron chi connectivity index (χ0n) is 7.48. The fraction of sp³-hybridized carbons (Fsp3) is 1.00. The number of hydrogen-bond acceptors (Lipinski definition) is 2. The van der Waals surface area contributed by atoms with Crippen molar-refractivity contribution in [2.24, 2.45) is 11.1 Å². The van der Waals surface area contributed by atoms with Gasteiger partial charge in [0.25, 0.3) is 0 Å². The van der Waals surface area contributed by atoms with Gasteiger partial charge in [-0.15, -0.1) is 0 Å². The highest BCUT2D eigenvalue weighted by atomic mass is 32.2. The summed E-state index contributed by atoms with van der Waals surface area (Å²) in [6.07, 6.45) is 0. The average molecular weight is 161 g/mol. The first-order valence-corrected chi connectivity index (χ1v) is 4.84. The molecule has 0 heterocycles. The van der Waals surface area contributed by atoms with Gasteiger partial charge in [-0.2, -0.15) is 11.8 Å². The zero-order valence-corrected chi connectivity index (χ0v) is 8.29. The summed E-state index contributed by atoms with van der Waals surface area (Å²) in [5, 5.41) is 0.728. The smallest absolute Gasteiger partial charge is 0.000145 e. The Morgan fingerprint density at radius 2 is 1.90 bits per heavy atom. The zero-order chi connectivity index (χ0) is 8.20. The molecular weight excluding hydrogens is 142 g/mol. The third kappa shape index (κ3) is 5.12. The first-order chi connectivity index (χ1) is 4.48. The lowest BCUT2D eigenvalue weighted by Crippen LogP contribution is -2.26. The van der Waals surface area contributed by atoms with E-state index in [0.717, 1.165) is 11.8 Å². The number of nitrogens with two attached hydrogens (primary N) is 1. The van der Waals surface area contributed by atoms with Gasteiger partial charge in [-0.25, -0.2) is 0 Å². The van der Waals surface area contributed by atoms with Crippen molar-refractivity contribution in [2.75, 3.05) is 12.3 Å². The van der Waals surface area contributed by atoms with Crippen LogP contribution in [0.3, 0.4) is 0 Å². The van der Waals surface area contributed by atoms with Crippen LogP contribution in [0.4, 0.5) is 0 Å². The second kappa shape index (κ2) is 4.24. The quantitative estimate of drug-likeness (QED) is 0.683. The van der Waals surface area contributed by atoms with Gasteiger partial charge in [0, 0.05) is 0 Å². The molecule has 0 bridgehead atoms. The molecule has 2 N–H and O–H groups in total. The molecule has 10 heavy (non-hydrogen) atoms. The van der Waals surface area contributed by atoms with Crippen LogP contribution in [0.5, 0.6) is 0 Å². The first kappa shape index (κ1) is 10.3. The molecule has 0 rings (SSSR count). The second-order valence-corrected chi connectivity index (χ2v) is 5.29. The van der Waals surface area contributed by atoms with Crippen LogP contribution < -0.4 is 5.73 Å². The average Bonchev–Trinajstić information content (AvgIpc) is 1.85. The predicted octanol–water partition coefficient (Wildman–Crippen LogP) is 2.11. The molecule has 0 radical (unpaired) electrons.